The number of likely N-dealkylation sites (N-methyl/N-ethyl adjacent to an activating group) is 1. The molecule has 0 spiro atoms. The first-order chi connectivity index (χ1) is 9.04. The maximum absolute atomic E-state index is 11.7. The number of urea groups is 1. The molecule has 5 heteroatoms. The molecule has 0 heterocycles. The fourth-order valence-corrected chi connectivity index (χ4v) is 2.59. The molecule has 1 rings (SSSR count). The molecule has 0 aromatic rings. The molecule has 1 aliphatic carbocycles. The number of nitrogens with one attached hydrogen (secondary N) is 2. The van der Waals surface area contributed by atoms with Crippen LogP contribution in [0.4, 0.5) is 4.79 Å². The zero-order chi connectivity index (χ0) is 14.3. The first kappa shape index (κ1) is 16.2. The molecule has 112 valence electrons. The summed E-state index contributed by atoms with van der Waals surface area (Å²) < 4.78 is 0. The highest BCUT2D eigenvalue weighted by atomic mass is 16.3. The summed E-state index contributed by atoms with van der Waals surface area (Å²) in [4.78, 5) is 14.0. The molecule has 3 N–H and O–H groups in total. The van der Waals surface area contributed by atoms with E-state index in [0.29, 0.717) is 12.6 Å². The quantitative estimate of drug-likeness (QED) is 0.682. The second kappa shape index (κ2) is 8.38. The van der Waals surface area contributed by atoms with Gasteiger partial charge >= 0.3 is 6.03 Å². The normalized spacial score (nSPS) is 23.7. The van der Waals surface area contributed by atoms with Crippen LogP contribution in [-0.2, 0) is 0 Å². The fraction of sp³-hybridized carbons (Fsp3) is 0.929. The van der Waals surface area contributed by atoms with E-state index in [0.717, 1.165) is 38.8 Å². The van der Waals surface area contributed by atoms with Crippen molar-refractivity contribution < 1.29 is 9.90 Å². The van der Waals surface area contributed by atoms with Crippen molar-refractivity contribution in [2.24, 2.45) is 0 Å². The van der Waals surface area contributed by atoms with Gasteiger partial charge in [0.15, 0.2) is 0 Å². The SMILES string of the molecule is CCN(CCNC(=O)NC1CCCCC1O)C(C)C. The molecule has 5 nitrogen and oxygen atoms in total. The van der Waals surface area contributed by atoms with E-state index in [-0.39, 0.29) is 18.2 Å². The lowest BCUT2D eigenvalue weighted by Crippen LogP contribution is -2.50. The Bertz CT molecular complexity index is 271. The van der Waals surface area contributed by atoms with E-state index >= 15 is 0 Å². The molecule has 0 aromatic carbocycles. The van der Waals surface area contributed by atoms with Crippen molar-refractivity contribution in [2.45, 2.75) is 64.6 Å². The van der Waals surface area contributed by atoms with Gasteiger partial charge in [-0.05, 0) is 33.2 Å². The number of aliphatic hydroxyl groups excluding tert-OH is 1. The molecule has 1 saturated carbocycles. The molecule has 0 aliphatic heterocycles. The van der Waals surface area contributed by atoms with Gasteiger partial charge in [-0.3, -0.25) is 4.90 Å². The molecule has 1 aliphatic rings. The van der Waals surface area contributed by atoms with Gasteiger partial charge in [-0.25, -0.2) is 4.79 Å². The van der Waals surface area contributed by atoms with Gasteiger partial charge in [0.1, 0.15) is 0 Å². The predicted molar refractivity (Wildman–Crippen MR) is 77.2 cm³/mol. The Morgan fingerprint density at radius 2 is 2.05 bits per heavy atom. The number of amides is 2. The molecular weight excluding hydrogens is 242 g/mol. The highest BCUT2D eigenvalue weighted by Crippen LogP contribution is 2.18. The summed E-state index contributed by atoms with van der Waals surface area (Å²) in [6.07, 6.45) is 3.42. The van der Waals surface area contributed by atoms with Gasteiger partial charge < -0.3 is 15.7 Å². The number of nitrogens with zero attached hydrogens (tertiary/aromatic N) is 1. The van der Waals surface area contributed by atoms with E-state index in [1.807, 2.05) is 0 Å². The van der Waals surface area contributed by atoms with Crippen molar-refractivity contribution in [1.82, 2.24) is 15.5 Å². The molecule has 2 unspecified atom stereocenters. The summed E-state index contributed by atoms with van der Waals surface area (Å²) in [6, 6.07) is 0.252. The van der Waals surface area contributed by atoms with Crippen molar-refractivity contribution in [2.75, 3.05) is 19.6 Å². The lowest BCUT2D eigenvalue weighted by Gasteiger charge is -2.29. The molecule has 2 amide bonds. The third-order valence-electron chi connectivity index (χ3n) is 3.87. The Morgan fingerprint density at radius 3 is 2.63 bits per heavy atom. The predicted octanol–water partition coefficient (Wildman–Crippen LogP) is 1.32. The Labute approximate surface area is 116 Å². The third kappa shape index (κ3) is 5.78. The minimum atomic E-state index is -0.387. The Hall–Kier alpha value is -0.810. The number of aliphatic hydroxyl groups is 1. The topological polar surface area (TPSA) is 64.6 Å². The molecule has 0 radical (unpaired) electrons. The Morgan fingerprint density at radius 1 is 1.37 bits per heavy atom. The van der Waals surface area contributed by atoms with Crippen LogP contribution in [0, 0.1) is 0 Å². The lowest BCUT2D eigenvalue weighted by molar-refractivity contribution is 0.0942. The second-order valence-corrected chi connectivity index (χ2v) is 5.58. The second-order valence-electron chi connectivity index (χ2n) is 5.58. The highest BCUT2D eigenvalue weighted by Gasteiger charge is 2.24. The van der Waals surface area contributed by atoms with Crippen LogP contribution in [0.3, 0.4) is 0 Å². The smallest absolute Gasteiger partial charge is 0.315 e. The van der Waals surface area contributed by atoms with Crippen molar-refractivity contribution in [3.8, 4) is 0 Å². The van der Waals surface area contributed by atoms with Crippen molar-refractivity contribution in [3.05, 3.63) is 0 Å². The summed E-state index contributed by atoms with van der Waals surface area (Å²) in [5.41, 5.74) is 0. The molecule has 19 heavy (non-hydrogen) atoms. The highest BCUT2D eigenvalue weighted by molar-refractivity contribution is 5.74. The van der Waals surface area contributed by atoms with Crippen molar-refractivity contribution in [1.29, 1.82) is 0 Å². The maximum atomic E-state index is 11.7. The maximum Gasteiger partial charge on any atom is 0.315 e. The molecular formula is C14H29N3O2. The number of carbonyl (C=O) groups is 1. The van der Waals surface area contributed by atoms with Crippen LogP contribution in [0.25, 0.3) is 0 Å². The first-order valence-electron chi connectivity index (χ1n) is 7.51. The molecule has 0 saturated heterocycles. The molecule has 0 aromatic heterocycles. The summed E-state index contributed by atoms with van der Waals surface area (Å²) in [7, 11) is 0. The lowest BCUT2D eigenvalue weighted by atomic mass is 9.93. The van der Waals surface area contributed by atoms with Gasteiger partial charge in [-0.15, -0.1) is 0 Å². The monoisotopic (exact) mass is 271 g/mol. The first-order valence-corrected chi connectivity index (χ1v) is 7.51. The number of hydrogen-bond donors (Lipinski definition) is 3. The number of carbonyl (C=O) groups excluding carboxylic acids is 1. The average molecular weight is 271 g/mol. The zero-order valence-corrected chi connectivity index (χ0v) is 12.5. The van der Waals surface area contributed by atoms with Crippen LogP contribution in [0.2, 0.25) is 0 Å². The number of rotatable bonds is 6. The van der Waals surface area contributed by atoms with Gasteiger partial charge in [0, 0.05) is 19.1 Å². The minimum absolute atomic E-state index is 0.0823. The van der Waals surface area contributed by atoms with Crippen LogP contribution in [0.1, 0.15) is 46.5 Å². The van der Waals surface area contributed by atoms with E-state index < -0.39 is 0 Å². The van der Waals surface area contributed by atoms with Crippen molar-refractivity contribution in [3.63, 3.8) is 0 Å². The van der Waals surface area contributed by atoms with Gasteiger partial charge in [0.05, 0.1) is 12.1 Å². The number of hydrogen-bond acceptors (Lipinski definition) is 3. The van der Waals surface area contributed by atoms with E-state index in [4.69, 9.17) is 0 Å². The van der Waals surface area contributed by atoms with Gasteiger partial charge in [0.25, 0.3) is 0 Å². The minimum Gasteiger partial charge on any atom is -0.391 e. The summed E-state index contributed by atoms with van der Waals surface area (Å²) in [5, 5.41) is 15.5. The van der Waals surface area contributed by atoms with Crippen LogP contribution in [0.15, 0.2) is 0 Å². The van der Waals surface area contributed by atoms with Gasteiger partial charge in [0.2, 0.25) is 0 Å². The van der Waals surface area contributed by atoms with E-state index in [1.54, 1.807) is 0 Å². The van der Waals surface area contributed by atoms with Gasteiger partial charge in [-0.1, -0.05) is 19.8 Å². The fourth-order valence-electron chi connectivity index (χ4n) is 2.59. The van der Waals surface area contributed by atoms with Crippen molar-refractivity contribution >= 4 is 6.03 Å². The van der Waals surface area contributed by atoms with E-state index in [9.17, 15) is 9.90 Å². The molecule has 2 atom stereocenters. The van der Waals surface area contributed by atoms with Crippen LogP contribution in [-0.4, -0.2) is 53.9 Å². The molecule has 0 bridgehead atoms. The standard InChI is InChI=1S/C14H29N3O2/c1-4-17(11(2)3)10-9-15-14(19)16-12-7-5-6-8-13(12)18/h11-13,18H,4-10H2,1-3H3,(H2,15,16,19). The van der Waals surface area contributed by atoms with Gasteiger partial charge in [-0.2, -0.15) is 0 Å². The van der Waals surface area contributed by atoms with E-state index in [1.165, 1.54) is 0 Å². The summed E-state index contributed by atoms with van der Waals surface area (Å²) >= 11 is 0. The van der Waals surface area contributed by atoms with Crippen LogP contribution < -0.4 is 10.6 Å². The average Bonchev–Trinajstić information content (AvgIpc) is 2.37. The van der Waals surface area contributed by atoms with Crippen LogP contribution in [0.5, 0.6) is 0 Å². The Kier molecular flexibility index (Phi) is 7.16. The zero-order valence-electron chi connectivity index (χ0n) is 12.5. The summed E-state index contributed by atoms with van der Waals surface area (Å²) in [5.74, 6) is 0. The summed E-state index contributed by atoms with van der Waals surface area (Å²) in [6.45, 7) is 8.92. The van der Waals surface area contributed by atoms with E-state index in [2.05, 4.69) is 36.3 Å². The third-order valence-corrected chi connectivity index (χ3v) is 3.87. The molecule has 1 fully saturated rings. The Balaban J connectivity index is 2.20. The van der Waals surface area contributed by atoms with Crippen LogP contribution >= 0.6 is 0 Å². The largest absolute Gasteiger partial charge is 0.391 e.